The Morgan fingerprint density at radius 2 is 1.95 bits per heavy atom. The molecule has 38 heavy (non-hydrogen) atoms. The number of carbonyl (C=O) groups excluding carboxylic acids is 1. The second-order valence-electron chi connectivity index (χ2n) is 10.4. The fourth-order valence-electron chi connectivity index (χ4n) is 5.87. The summed E-state index contributed by atoms with van der Waals surface area (Å²) in [6, 6.07) is 3.44. The predicted octanol–water partition coefficient (Wildman–Crippen LogP) is 3.69. The lowest BCUT2D eigenvalue weighted by atomic mass is 9.74. The van der Waals surface area contributed by atoms with Crippen LogP contribution in [0.15, 0.2) is 24.5 Å². The number of alkyl halides is 2. The summed E-state index contributed by atoms with van der Waals surface area (Å²) in [6.07, 6.45) is 4.71. The topological polar surface area (TPSA) is 137 Å². The molecule has 0 bridgehead atoms. The first-order chi connectivity index (χ1) is 18.2. The summed E-state index contributed by atoms with van der Waals surface area (Å²) in [4.78, 5) is 36.6. The highest BCUT2D eigenvalue weighted by Gasteiger charge is 2.60. The maximum atomic E-state index is 13.6. The SMILES string of the molecule is Cn1ncc2c(-c3nc(N)c4c(n3)NC(=O)C4(c3ccc(Cl)cn3)C3CC3)nc(CC3CC(F)(F)C3)nc21. The molecule has 13 heteroatoms. The van der Waals surface area contributed by atoms with Crippen LogP contribution in [0, 0.1) is 11.8 Å². The molecule has 3 aliphatic rings. The van der Waals surface area contributed by atoms with Crippen LogP contribution in [-0.4, -0.2) is 46.5 Å². The maximum Gasteiger partial charge on any atom is 0.248 e. The van der Waals surface area contributed by atoms with Gasteiger partial charge >= 0.3 is 0 Å². The molecule has 2 saturated carbocycles. The van der Waals surface area contributed by atoms with Gasteiger partial charge < -0.3 is 11.1 Å². The number of nitrogens with one attached hydrogen (secondary N) is 1. The van der Waals surface area contributed by atoms with Gasteiger partial charge in [-0.25, -0.2) is 28.7 Å². The van der Waals surface area contributed by atoms with Crippen molar-refractivity contribution >= 4 is 40.2 Å². The largest absolute Gasteiger partial charge is 0.383 e. The van der Waals surface area contributed by atoms with Crippen molar-refractivity contribution < 1.29 is 13.6 Å². The van der Waals surface area contributed by atoms with Crippen molar-refractivity contribution in [2.45, 2.75) is 43.4 Å². The van der Waals surface area contributed by atoms with E-state index in [1.165, 1.54) is 6.20 Å². The van der Waals surface area contributed by atoms with Gasteiger partial charge in [0.25, 0.3) is 0 Å². The van der Waals surface area contributed by atoms with Crippen LogP contribution in [0.4, 0.5) is 20.4 Å². The van der Waals surface area contributed by atoms with Crippen LogP contribution in [0.3, 0.4) is 0 Å². The maximum absolute atomic E-state index is 13.6. The van der Waals surface area contributed by atoms with Gasteiger partial charge in [0.05, 0.1) is 27.9 Å². The van der Waals surface area contributed by atoms with E-state index in [1.54, 1.807) is 30.1 Å². The third kappa shape index (κ3) is 3.39. The van der Waals surface area contributed by atoms with Crippen molar-refractivity contribution in [1.82, 2.24) is 34.7 Å². The Morgan fingerprint density at radius 1 is 1.16 bits per heavy atom. The van der Waals surface area contributed by atoms with Crippen LogP contribution < -0.4 is 11.1 Å². The molecule has 2 fully saturated rings. The summed E-state index contributed by atoms with van der Waals surface area (Å²) in [6.45, 7) is 0. The van der Waals surface area contributed by atoms with Gasteiger partial charge in [-0.3, -0.25) is 14.5 Å². The smallest absolute Gasteiger partial charge is 0.248 e. The van der Waals surface area contributed by atoms with Gasteiger partial charge in [0.2, 0.25) is 11.8 Å². The molecule has 1 aliphatic heterocycles. The first-order valence-corrected chi connectivity index (χ1v) is 12.7. The number of pyridine rings is 1. The van der Waals surface area contributed by atoms with Gasteiger partial charge in [0, 0.05) is 32.5 Å². The van der Waals surface area contributed by atoms with Crippen molar-refractivity contribution in [2.24, 2.45) is 18.9 Å². The lowest BCUT2D eigenvalue weighted by Gasteiger charge is -2.34. The Bertz CT molecular complexity index is 1630. The highest BCUT2D eigenvalue weighted by atomic mass is 35.5. The van der Waals surface area contributed by atoms with E-state index in [2.05, 4.69) is 30.4 Å². The van der Waals surface area contributed by atoms with Gasteiger partial charge in [-0.05, 0) is 36.8 Å². The summed E-state index contributed by atoms with van der Waals surface area (Å²) in [7, 11) is 1.74. The van der Waals surface area contributed by atoms with Crippen LogP contribution in [0.1, 0.15) is 42.8 Å². The van der Waals surface area contributed by atoms with Gasteiger partial charge in [-0.15, -0.1) is 0 Å². The molecule has 2 aliphatic carbocycles. The lowest BCUT2D eigenvalue weighted by molar-refractivity contribution is -0.120. The molecule has 7 rings (SSSR count). The molecule has 1 atom stereocenters. The monoisotopic (exact) mass is 537 g/mol. The Morgan fingerprint density at radius 3 is 2.63 bits per heavy atom. The molecule has 1 unspecified atom stereocenters. The number of amides is 1. The average molecular weight is 538 g/mol. The van der Waals surface area contributed by atoms with E-state index in [0.29, 0.717) is 51.1 Å². The van der Waals surface area contributed by atoms with Crippen LogP contribution in [0.2, 0.25) is 5.02 Å². The molecule has 5 heterocycles. The zero-order valence-electron chi connectivity index (χ0n) is 20.2. The number of aromatic nitrogens is 7. The molecule has 10 nitrogen and oxygen atoms in total. The van der Waals surface area contributed by atoms with Gasteiger partial charge in [0.1, 0.15) is 28.6 Å². The lowest BCUT2D eigenvalue weighted by Crippen LogP contribution is -2.39. The van der Waals surface area contributed by atoms with Gasteiger partial charge in [-0.1, -0.05) is 11.6 Å². The number of fused-ring (bicyclic) bond motifs is 2. The number of hydrogen-bond donors (Lipinski definition) is 2. The van der Waals surface area contributed by atoms with Crippen LogP contribution in [0.5, 0.6) is 0 Å². The van der Waals surface area contributed by atoms with Crippen molar-refractivity contribution in [3.05, 3.63) is 46.6 Å². The van der Waals surface area contributed by atoms with Crippen LogP contribution in [-0.2, 0) is 23.7 Å². The molecular formula is C25H22ClF2N9O. The quantitative estimate of drug-likeness (QED) is 0.393. The number of nitrogens with two attached hydrogens (primary N) is 1. The van der Waals surface area contributed by atoms with E-state index in [4.69, 9.17) is 22.3 Å². The number of anilines is 2. The summed E-state index contributed by atoms with van der Waals surface area (Å²) in [5.41, 5.74) is 7.40. The normalized spacial score (nSPS) is 22.4. The van der Waals surface area contributed by atoms with E-state index in [9.17, 15) is 13.6 Å². The number of aryl methyl sites for hydroxylation is 1. The van der Waals surface area contributed by atoms with E-state index in [-0.39, 0.29) is 42.2 Å². The molecule has 0 spiro atoms. The molecule has 0 radical (unpaired) electrons. The molecule has 1 amide bonds. The number of rotatable bonds is 5. The van der Waals surface area contributed by atoms with Crippen molar-refractivity contribution in [2.75, 3.05) is 11.1 Å². The Kier molecular flexibility index (Phi) is 4.82. The second kappa shape index (κ2) is 7.85. The molecule has 0 saturated heterocycles. The van der Waals surface area contributed by atoms with E-state index >= 15 is 0 Å². The Hall–Kier alpha value is -3.80. The molecule has 3 N–H and O–H groups in total. The number of halogens is 3. The van der Waals surface area contributed by atoms with Crippen LogP contribution in [0.25, 0.3) is 22.6 Å². The van der Waals surface area contributed by atoms with Gasteiger partial charge in [0.15, 0.2) is 11.5 Å². The minimum Gasteiger partial charge on any atom is -0.383 e. The Labute approximate surface area is 220 Å². The van der Waals surface area contributed by atoms with Gasteiger partial charge in [-0.2, -0.15) is 5.10 Å². The fraction of sp³-hybridized carbons (Fsp3) is 0.400. The molecular weight excluding hydrogens is 516 g/mol. The molecule has 4 aromatic rings. The molecule has 194 valence electrons. The number of hydrogen-bond acceptors (Lipinski definition) is 8. The highest BCUT2D eigenvalue weighted by Crippen LogP contribution is 2.57. The summed E-state index contributed by atoms with van der Waals surface area (Å²) >= 11 is 6.07. The highest BCUT2D eigenvalue weighted by molar-refractivity contribution is 6.30. The first-order valence-electron chi connectivity index (χ1n) is 12.3. The van der Waals surface area contributed by atoms with Crippen molar-refractivity contribution in [3.63, 3.8) is 0 Å². The van der Waals surface area contributed by atoms with Crippen molar-refractivity contribution in [3.8, 4) is 11.5 Å². The summed E-state index contributed by atoms with van der Waals surface area (Å²) in [5, 5.41) is 8.25. The Balaban J connectivity index is 1.36. The number of nitrogen functional groups attached to an aromatic ring is 1. The van der Waals surface area contributed by atoms with Crippen molar-refractivity contribution in [1.29, 1.82) is 0 Å². The first kappa shape index (κ1) is 23.3. The predicted molar refractivity (Wildman–Crippen MR) is 134 cm³/mol. The zero-order chi connectivity index (χ0) is 26.4. The third-order valence-electron chi connectivity index (χ3n) is 7.74. The number of carbonyl (C=O) groups is 1. The van der Waals surface area contributed by atoms with E-state index in [1.807, 2.05) is 0 Å². The van der Waals surface area contributed by atoms with E-state index in [0.717, 1.165) is 12.8 Å². The summed E-state index contributed by atoms with van der Waals surface area (Å²) in [5.74, 6) is -2.06. The van der Waals surface area contributed by atoms with Crippen LogP contribution >= 0.6 is 11.6 Å². The average Bonchev–Trinajstić information content (AvgIpc) is 3.57. The second-order valence-corrected chi connectivity index (χ2v) is 10.8. The standard InChI is InChI=1S/C25H22ClF2N9O/c1-37-22-14(10-31-37)18(32-16(33-22)6-11-7-24(27,28)8-11)21-34-19(29)17-20(35-21)36-23(38)25(17,12-2-3-12)15-5-4-13(26)9-30-15/h4-5,9-12H,2-3,6-8H2,1H3,(H3,29,34,35,36,38). The fourth-order valence-corrected chi connectivity index (χ4v) is 5.98. The molecule has 0 aromatic carbocycles. The number of nitrogens with zero attached hydrogens (tertiary/aromatic N) is 7. The van der Waals surface area contributed by atoms with E-state index < -0.39 is 11.3 Å². The minimum atomic E-state index is -2.63. The third-order valence-corrected chi connectivity index (χ3v) is 7.96. The zero-order valence-corrected chi connectivity index (χ0v) is 21.0. The molecule has 4 aromatic heterocycles. The summed E-state index contributed by atoms with van der Waals surface area (Å²) < 4.78 is 28.5. The minimum absolute atomic E-state index is 0.00506.